The van der Waals surface area contributed by atoms with E-state index in [-0.39, 0.29) is 0 Å². The van der Waals surface area contributed by atoms with E-state index < -0.39 is 0 Å². The van der Waals surface area contributed by atoms with Gasteiger partial charge in [0.15, 0.2) is 5.82 Å². The van der Waals surface area contributed by atoms with E-state index in [4.69, 9.17) is 4.52 Å². The van der Waals surface area contributed by atoms with Gasteiger partial charge in [-0.2, -0.15) is 4.98 Å². The van der Waals surface area contributed by atoms with E-state index in [2.05, 4.69) is 25.3 Å². The molecule has 0 spiro atoms. The van der Waals surface area contributed by atoms with Crippen LogP contribution in [0.15, 0.2) is 28.9 Å². The summed E-state index contributed by atoms with van der Waals surface area (Å²) in [6.07, 6.45) is 5.44. The Balaban J connectivity index is 1.25. The molecular formula is C16H21N5O. The Morgan fingerprint density at radius 2 is 2.23 bits per heavy atom. The van der Waals surface area contributed by atoms with Gasteiger partial charge in [0.25, 0.3) is 0 Å². The van der Waals surface area contributed by atoms with Crippen LogP contribution in [0.1, 0.15) is 36.9 Å². The average molecular weight is 299 g/mol. The van der Waals surface area contributed by atoms with Crippen molar-refractivity contribution >= 4 is 5.82 Å². The molecule has 2 aliphatic rings. The van der Waals surface area contributed by atoms with E-state index >= 15 is 0 Å². The fourth-order valence-corrected chi connectivity index (χ4v) is 2.97. The maximum atomic E-state index is 5.36. The Hall–Kier alpha value is -1.95. The summed E-state index contributed by atoms with van der Waals surface area (Å²) in [5, 5.41) is 7.49. The van der Waals surface area contributed by atoms with Crippen molar-refractivity contribution in [3.05, 3.63) is 36.1 Å². The minimum absolute atomic E-state index is 0.561. The molecule has 1 aliphatic carbocycles. The minimum Gasteiger partial charge on any atom is -0.370 e. The van der Waals surface area contributed by atoms with E-state index in [1.165, 1.54) is 19.3 Å². The lowest BCUT2D eigenvalue weighted by atomic mass is 10.1. The van der Waals surface area contributed by atoms with E-state index in [9.17, 15) is 0 Å². The Kier molecular flexibility index (Phi) is 3.76. The number of nitrogens with zero attached hydrogens (tertiary/aromatic N) is 4. The van der Waals surface area contributed by atoms with Crippen LogP contribution in [0.4, 0.5) is 5.82 Å². The predicted octanol–water partition coefficient (Wildman–Crippen LogP) is 2.28. The molecule has 3 heterocycles. The van der Waals surface area contributed by atoms with Crippen LogP contribution in [-0.2, 0) is 6.54 Å². The molecule has 0 amide bonds. The maximum absolute atomic E-state index is 5.36. The second-order valence-electron chi connectivity index (χ2n) is 6.31. The van der Waals surface area contributed by atoms with Crippen LogP contribution in [0.2, 0.25) is 0 Å². The average Bonchev–Trinajstić information content (AvgIpc) is 3.14. The number of hydrogen-bond donors (Lipinski definition) is 1. The van der Waals surface area contributed by atoms with Gasteiger partial charge in [-0.3, -0.25) is 4.90 Å². The van der Waals surface area contributed by atoms with Crippen molar-refractivity contribution < 1.29 is 4.52 Å². The predicted molar refractivity (Wildman–Crippen MR) is 82.4 cm³/mol. The number of nitrogens with one attached hydrogen (secondary N) is 1. The Labute approximate surface area is 129 Å². The minimum atomic E-state index is 0.561. The number of likely N-dealkylation sites (tertiary alicyclic amines) is 1. The van der Waals surface area contributed by atoms with Gasteiger partial charge in [0.05, 0.1) is 6.54 Å². The molecule has 0 radical (unpaired) electrons. The number of aromatic nitrogens is 3. The van der Waals surface area contributed by atoms with Crippen LogP contribution in [-0.4, -0.2) is 39.7 Å². The third kappa shape index (κ3) is 3.27. The monoisotopic (exact) mass is 299 g/mol. The highest BCUT2D eigenvalue weighted by Crippen LogP contribution is 2.38. The number of anilines is 1. The lowest BCUT2D eigenvalue weighted by Gasteiger charge is -2.14. The van der Waals surface area contributed by atoms with Gasteiger partial charge in [-0.1, -0.05) is 11.2 Å². The third-order valence-corrected chi connectivity index (χ3v) is 4.39. The SMILES string of the molecule is c1ccc(NC[C@@H]2CCN(Cc3nc(C4CC4)no3)C2)nc1. The maximum Gasteiger partial charge on any atom is 0.240 e. The van der Waals surface area contributed by atoms with Gasteiger partial charge in [-0.25, -0.2) is 4.98 Å². The molecule has 1 saturated carbocycles. The molecule has 1 atom stereocenters. The standard InChI is InChI=1S/C16H21N5O/c1-2-7-17-14(3-1)18-9-12-6-8-21(10-12)11-15-19-16(20-22-15)13-4-5-13/h1-3,7,12-13H,4-6,8-11H2,(H,17,18)/t12-/m0/s1. The summed E-state index contributed by atoms with van der Waals surface area (Å²) in [4.78, 5) is 11.2. The molecule has 6 heteroatoms. The summed E-state index contributed by atoms with van der Waals surface area (Å²) in [5.41, 5.74) is 0. The summed E-state index contributed by atoms with van der Waals surface area (Å²) in [6, 6.07) is 5.94. The van der Waals surface area contributed by atoms with Crippen molar-refractivity contribution in [2.45, 2.75) is 31.7 Å². The van der Waals surface area contributed by atoms with E-state index in [0.29, 0.717) is 11.8 Å². The first kappa shape index (κ1) is 13.7. The molecule has 0 aromatic carbocycles. The molecule has 2 fully saturated rings. The highest BCUT2D eigenvalue weighted by Gasteiger charge is 2.29. The molecule has 2 aromatic rings. The number of pyridine rings is 1. The quantitative estimate of drug-likeness (QED) is 0.882. The first-order valence-electron chi connectivity index (χ1n) is 8.06. The summed E-state index contributed by atoms with van der Waals surface area (Å²) in [7, 11) is 0. The summed E-state index contributed by atoms with van der Waals surface area (Å²) in [5.74, 6) is 3.83. The lowest BCUT2D eigenvalue weighted by Crippen LogP contribution is -2.23. The molecule has 116 valence electrons. The molecule has 0 bridgehead atoms. The number of rotatable bonds is 6. The van der Waals surface area contributed by atoms with Crippen molar-refractivity contribution in [1.82, 2.24) is 20.0 Å². The molecule has 0 unspecified atom stereocenters. The normalized spacial score (nSPS) is 22.1. The second-order valence-corrected chi connectivity index (χ2v) is 6.31. The van der Waals surface area contributed by atoms with Crippen molar-refractivity contribution in [3.63, 3.8) is 0 Å². The van der Waals surface area contributed by atoms with Crippen LogP contribution in [0.3, 0.4) is 0 Å². The molecular weight excluding hydrogens is 278 g/mol. The fourth-order valence-electron chi connectivity index (χ4n) is 2.97. The van der Waals surface area contributed by atoms with E-state index in [1.54, 1.807) is 0 Å². The Morgan fingerprint density at radius 3 is 3.05 bits per heavy atom. The summed E-state index contributed by atoms with van der Waals surface area (Å²) in [6.45, 7) is 3.90. The Bertz CT molecular complexity index is 610. The second kappa shape index (κ2) is 6.04. The molecule has 22 heavy (non-hydrogen) atoms. The van der Waals surface area contributed by atoms with Crippen LogP contribution in [0, 0.1) is 5.92 Å². The van der Waals surface area contributed by atoms with Crippen LogP contribution >= 0.6 is 0 Å². The lowest BCUT2D eigenvalue weighted by molar-refractivity contribution is 0.261. The first-order chi connectivity index (χ1) is 10.9. The third-order valence-electron chi connectivity index (χ3n) is 4.39. The molecule has 4 rings (SSSR count). The van der Waals surface area contributed by atoms with E-state index in [1.807, 2.05) is 24.4 Å². The van der Waals surface area contributed by atoms with Crippen LogP contribution in [0.25, 0.3) is 0 Å². The van der Waals surface area contributed by atoms with Gasteiger partial charge < -0.3 is 9.84 Å². The van der Waals surface area contributed by atoms with Gasteiger partial charge in [-0.15, -0.1) is 0 Å². The molecule has 1 saturated heterocycles. The smallest absolute Gasteiger partial charge is 0.240 e. The number of hydrogen-bond acceptors (Lipinski definition) is 6. The molecule has 2 aromatic heterocycles. The zero-order valence-electron chi connectivity index (χ0n) is 12.6. The Morgan fingerprint density at radius 1 is 1.27 bits per heavy atom. The molecule has 1 aliphatic heterocycles. The van der Waals surface area contributed by atoms with Crippen molar-refractivity contribution in [1.29, 1.82) is 0 Å². The fraction of sp³-hybridized carbons (Fsp3) is 0.562. The van der Waals surface area contributed by atoms with Gasteiger partial charge in [0, 0.05) is 25.2 Å². The molecule has 6 nitrogen and oxygen atoms in total. The van der Waals surface area contributed by atoms with Crippen LogP contribution < -0.4 is 5.32 Å². The van der Waals surface area contributed by atoms with Gasteiger partial charge >= 0.3 is 0 Å². The summed E-state index contributed by atoms with van der Waals surface area (Å²) < 4.78 is 5.36. The topological polar surface area (TPSA) is 67.1 Å². The van der Waals surface area contributed by atoms with Crippen molar-refractivity contribution in [2.75, 3.05) is 25.0 Å². The van der Waals surface area contributed by atoms with Gasteiger partial charge in [0.2, 0.25) is 5.89 Å². The highest BCUT2D eigenvalue weighted by atomic mass is 16.5. The van der Waals surface area contributed by atoms with Crippen molar-refractivity contribution in [3.8, 4) is 0 Å². The molecule has 1 N–H and O–H groups in total. The summed E-state index contributed by atoms with van der Waals surface area (Å²) >= 11 is 0. The van der Waals surface area contributed by atoms with E-state index in [0.717, 1.165) is 43.7 Å². The first-order valence-corrected chi connectivity index (χ1v) is 8.06. The van der Waals surface area contributed by atoms with Crippen molar-refractivity contribution in [2.24, 2.45) is 5.92 Å². The largest absolute Gasteiger partial charge is 0.370 e. The van der Waals surface area contributed by atoms with Crippen LogP contribution in [0.5, 0.6) is 0 Å². The zero-order valence-corrected chi connectivity index (χ0v) is 12.6. The zero-order chi connectivity index (χ0) is 14.8. The van der Waals surface area contributed by atoms with Gasteiger partial charge in [-0.05, 0) is 43.9 Å². The van der Waals surface area contributed by atoms with Gasteiger partial charge in [0.1, 0.15) is 5.82 Å². The highest BCUT2D eigenvalue weighted by molar-refractivity contribution is 5.33.